The molecule has 6 heteroatoms. The minimum atomic E-state index is -1.42. The Kier molecular flexibility index (Phi) is 6.84. The standard InChI is InChI=1S/C20H27Cl2NO3/c1-2-3-4-5-6-7-8-12-23-18-16(22)11-10-15(21)17(18)20(19(23)24)25-13-9-14-26-20/h10-11H,2-9,12-14H2,1H3. The predicted octanol–water partition coefficient (Wildman–Crippen LogP) is 5.68. The van der Waals surface area contributed by atoms with E-state index >= 15 is 0 Å². The number of carbonyl (C=O) groups excluding carboxylic acids is 1. The van der Waals surface area contributed by atoms with Gasteiger partial charge in [0.25, 0.3) is 11.7 Å². The lowest BCUT2D eigenvalue weighted by Gasteiger charge is -2.32. The van der Waals surface area contributed by atoms with Crippen LogP contribution in [0.5, 0.6) is 0 Å². The number of halogens is 2. The van der Waals surface area contributed by atoms with Gasteiger partial charge in [-0.1, -0.05) is 68.7 Å². The first kappa shape index (κ1) is 19.9. The summed E-state index contributed by atoms with van der Waals surface area (Å²) >= 11 is 12.9. The maximum atomic E-state index is 13.2. The van der Waals surface area contributed by atoms with Crippen LogP contribution in [0.4, 0.5) is 5.69 Å². The van der Waals surface area contributed by atoms with Crippen molar-refractivity contribution in [1.82, 2.24) is 0 Å². The number of unbranched alkanes of at least 4 members (excludes halogenated alkanes) is 6. The molecule has 0 aromatic heterocycles. The van der Waals surface area contributed by atoms with Crippen LogP contribution in [0, 0.1) is 0 Å². The van der Waals surface area contributed by atoms with Crippen LogP contribution in [0.25, 0.3) is 0 Å². The molecule has 0 bridgehead atoms. The molecule has 2 heterocycles. The van der Waals surface area contributed by atoms with Gasteiger partial charge in [0.1, 0.15) is 0 Å². The Labute approximate surface area is 165 Å². The van der Waals surface area contributed by atoms with Gasteiger partial charge in [0.05, 0.1) is 34.5 Å². The first-order valence-electron chi connectivity index (χ1n) is 9.70. The lowest BCUT2D eigenvalue weighted by Crippen LogP contribution is -2.47. The van der Waals surface area contributed by atoms with Gasteiger partial charge in [-0.05, 0) is 25.0 Å². The number of anilines is 1. The van der Waals surface area contributed by atoms with E-state index in [1.54, 1.807) is 17.0 Å². The number of hydrogen-bond donors (Lipinski definition) is 0. The summed E-state index contributed by atoms with van der Waals surface area (Å²) in [6.45, 7) is 3.77. The zero-order chi connectivity index (χ0) is 18.6. The zero-order valence-corrected chi connectivity index (χ0v) is 16.9. The van der Waals surface area contributed by atoms with Gasteiger partial charge in [-0.3, -0.25) is 4.79 Å². The Morgan fingerprint density at radius 3 is 2.31 bits per heavy atom. The number of nitrogens with zero attached hydrogens (tertiary/aromatic N) is 1. The Morgan fingerprint density at radius 2 is 1.62 bits per heavy atom. The molecule has 3 rings (SSSR count). The summed E-state index contributed by atoms with van der Waals surface area (Å²) in [6.07, 6.45) is 9.06. The van der Waals surface area contributed by atoms with E-state index in [0.29, 0.717) is 41.1 Å². The van der Waals surface area contributed by atoms with Crippen molar-refractivity contribution in [3.63, 3.8) is 0 Å². The maximum absolute atomic E-state index is 13.2. The van der Waals surface area contributed by atoms with Crippen LogP contribution in [-0.2, 0) is 20.1 Å². The Morgan fingerprint density at radius 1 is 1.00 bits per heavy atom. The average molecular weight is 400 g/mol. The molecule has 4 nitrogen and oxygen atoms in total. The van der Waals surface area contributed by atoms with Crippen LogP contribution < -0.4 is 4.90 Å². The second-order valence-electron chi connectivity index (χ2n) is 7.00. The number of carbonyl (C=O) groups is 1. The van der Waals surface area contributed by atoms with Crippen LogP contribution in [0.1, 0.15) is 63.9 Å². The van der Waals surface area contributed by atoms with Crippen LogP contribution in [0.2, 0.25) is 10.0 Å². The summed E-state index contributed by atoms with van der Waals surface area (Å²) in [6, 6.07) is 3.44. The Hall–Kier alpha value is -0.810. The van der Waals surface area contributed by atoms with Crippen LogP contribution >= 0.6 is 23.2 Å². The van der Waals surface area contributed by atoms with Gasteiger partial charge in [-0.15, -0.1) is 0 Å². The summed E-state index contributed by atoms with van der Waals surface area (Å²) < 4.78 is 11.7. The first-order chi connectivity index (χ1) is 12.6. The highest BCUT2D eigenvalue weighted by Gasteiger charge is 2.56. The molecule has 0 radical (unpaired) electrons. The molecule has 0 saturated carbocycles. The van der Waals surface area contributed by atoms with E-state index in [9.17, 15) is 4.79 Å². The summed E-state index contributed by atoms with van der Waals surface area (Å²) in [5.74, 6) is -1.62. The molecule has 2 aliphatic rings. The Bertz CT molecular complexity index is 644. The van der Waals surface area contributed by atoms with E-state index in [4.69, 9.17) is 32.7 Å². The highest BCUT2D eigenvalue weighted by molar-refractivity contribution is 6.38. The van der Waals surface area contributed by atoms with Crippen molar-refractivity contribution in [2.45, 2.75) is 64.1 Å². The number of hydrogen-bond acceptors (Lipinski definition) is 3. The quantitative estimate of drug-likeness (QED) is 0.527. The molecule has 0 N–H and O–H groups in total. The number of rotatable bonds is 8. The fourth-order valence-electron chi connectivity index (χ4n) is 3.74. The minimum Gasteiger partial charge on any atom is -0.338 e. The van der Waals surface area contributed by atoms with Crippen LogP contribution in [-0.4, -0.2) is 25.7 Å². The van der Waals surface area contributed by atoms with Gasteiger partial charge in [0.2, 0.25) is 0 Å². The molecule has 1 fully saturated rings. The molecule has 0 atom stereocenters. The number of fused-ring (bicyclic) bond motifs is 2. The van der Waals surface area contributed by atoms with E-state index < -0.39 is 5.79 Å². The number of ether oxygens (including phenoxy) is 2. The predicted molar refractivity (Wildman–Crippen MR) is 105 cm³/mol. The zero-order valence-electron chi connectivity index (χ0n) is 15.4. The minimum absolute atomic E-state index is 0.201. The molecule has 2 aliphatic heterocycles. The van der Waals surface area contributed by atoms with Crippen molar-refractivity contribution in [3.8, 4) is 0 Å². The van der Waals surface area contributed by atoms with Gasteiger partial charge in [0, 0.05) is 6.54 Å². The van der Waals surface area contributed by atoms with E-state index in [0.717, 1.165) is 19.3 Å². The van der Waals surface area contributed by atoms with E-state index in [2.05, 4.69) is 6.92 Å². The van der Waals surface area contributed by atoms with Crippen molar-refractivity contribution in [2.75, 3.05) is 24.7 Å². The van der Waals surface area contributed by atoms with Crippen molar-refractivity contribution in [1.29, 1.82) is 0 Å². The normalized spacial score (nSPS) is 18.6. The third-order valence-corrected chi connectivity index (χ3v) is 5.71. The molecule has 0 unspecified atom stereocenters. The largest absolute Gasteiger partial charge is 0.338 e. The third kappa shape index (κ3) is 3.75. The summed E-state index contributed by atoms with van der Waals surface area (Å²) in [5.41, 5.74) is 1.22. The molecule has 144 valence electrons. The molecule has 1 aromatic rings. The molecular weight excluding hydrogens is 373 g/mol. The maximum Gasteiger partial charge on any atom is 0.292 e. The van der Waals surface area contributed by atoms with Crippen molar-refractivity contribution in [3.05, 3.63) is 27.7 Å². The SMILES string of the molecule is CCCCCCCCCN1C(=O)C2(OCCCO2)c2c(Cl)ccc(Cl)c21. The van der Waals surface area contributed by atoms with Gasteiger partial charge < -0.3 is 14.4 Å². The van der Waals surface area contributed by atoms with Crippen molar-refractivity contribution < 1.29 is 14.3 Å². The van der Waals surface area contributed by atoms with Gasteiger partial charge in [-0.25, -0.2) is 0 Å². The van der Waals surface area contributed by atoms with E-state index in [-0.39, 0.29) is 5.91 Å². The van der Waals surface area contributed by atoms with E-state index in [1.165, 1.54) is 32.1 Å². The first-order valence-corrected chi connectivity index (χ1v) is 10.5. The van der Waals surface area contributed by atoms with Gasteiger partial charge >= 0.3 is 0 Å². The smallest absolute Gasteiger partial charge is 0.292 e. The summed E-state index contributed by atoms with van der Waals surface area (Å²) in [7, 11) is 0. The number of benzene rings is 1. The summed E-state index contributed by atoms with van der Waals surface area (Å²) in [5, 5.41) is 0.969. The molecule has 1 amide bonds. The molecular formula is C20H27Cl2NO3. The average Bonchev–Trinajstić information content (AvgIpc) is 2.88. The fraction of sp³-hybridized carbons (Fsp3) is 0.650. The molecule has 1 saturated heterocycles. The molecule has 26 heavy (non-hydrogen) atoms. The summed E-state index contributed by atoms with van der Waals surface area (Å²) in [4.78, 5) is 14.9. The highest BCUT2D eigenvalue weighted by Crippen LogP contribution is 2.51. The van der Waals surface area contributed by atoms with Crippen LogP contribution in [0.15, 0.2) is 12.1 Å². The van der Waals surface area contributed by atoms with Crippen molar-refractivity contribution >= 4 is 34.8 Å². The lowest BCUT2D eigenvalue weighted by atomic mass is 10.1. The topological polar surface area (TPSA) is 38.8 Å². The highest BCUT2D eigenvalue weighted by atomic mass is 35.5. The third-order valence-electron chi connectivity index (χ3n) is 5.09. The van der Waals surface area contributed by atoms with Gasteiger partial charge in [-0.2, -0.15) is 0 Å². The lowest BCUT2D eigenvalue weighted by molar-refractivity contribution is -0.256. The second-order valence-corrected chi connectivity index (χ2v) is 7.81. The number of amides is 1. The van der Waals surface area contributed by atoms with Crippen LogP contribution in [0.3, 0.4) is 0 Å². The molecule has 0 aliphatic carbocycles. The molecule has 1 aromatic carbocycles. The molecule has 1 spiro atoms. The van der Waals surface area contributed by atoms with E-state index in [1.807, 2.05) is 0 Å². The van der Waals surface area contributed by atoms with Crippen molar-refractivity contribution in [2.24, 2.45) is 0 Å². The van der Waals surface area contributed by atoms with Gasteiger partial charge in [0.15, 0.2) is 0 Å². The monoisotopic (exact) mass is 399 g/mol. The second kappa shape index (κ2) is 8.92. The fourth-order valence-corrected chi connectivity index (χ4v) is 4.28. The Balaban J connectivity index is 1.73.